The normalized spacial score (nSPS) is 10.4. The van der Waals surface area contributed by atoms with E-state index in [1.54, 1.807) is 13.2 Å². The summed E-state index contributed by atoms with van der Waals surface area (Å²) in [6.07, 6.45) is 5.63. The van der Waals surface area contributed by atoms with Crippen molar-refractivity contribution >= 4 is 0 Å². The number of unbranched alkanes of at least 4 members (excludes halogenated alkanes) is 1. The third-order valence-electron chi connectivity index (χ3n) is 2.63. The summed E-state index contributed by atoms with van der Waals surface area (Å²) < 4.78 is 10.6. The van der Waals surface area contributed by atoms with E-state index in [1.807, 2.05) is 26.0 Å². The van der Waals surface area contributed by atoms with Crippen molar-refractivity contribution in [3.63, 3.8) is 0 Å². The van der Waals surface area contributed by atoms with Gasteiger partial charge in [-0.1, -0.05) is 44.9 Å². The van der Waals surface area contributed by atoms with Crippen LogP contribution < -0.4 is 4.74 Å². The maximum absolute atomic E-state index is 5.47. The minimum Gasteiger partial charge on any atom is -0.497 e. The molecule has 0 amide bonds. The molecule has 1 aromatic carbocycles. The Balaban J connectivity index is 0. The quantitative estimate of drug-likeness (QED) is 0.630. The summed E-state index contributed by atoms with van der Waals surface area (Å²) in [4.78, 5) is 0. The molecule has 0 aliphatic carbocycles. The first-order valence-electron chi connectivity index (χ1n) is 7.90. The molecule has 0 aliphatic heterocycles. The van der Waals surface area contributed by atoms with E-state index in [4.69, 9.17) is 9.47 Å². The van der Waals surface area contributed by atoms with E-state index in [1.165, 1.54) is 18.4 Å². The molecule has 0 heterocycles. The highest BCUT2D eigenvalue weighted by molar-refractivity contribution is 5.27. The second-order valence-corrected chi connectivity index (χ2v) is 4.73. The van der Waals surface area contributed by atoms with Gasteiger partial charge < -0.3 is 9.47 Å². The van der Waals surface area contributed by atoms with Crippen molar-refractivity contribution in [2.24, 2.45) is 0 Å². The predicted molar refractivity (Wildman–Crippen MR) is 94.2 cm³/mol. The molecule has 1 rings (SSSR count). The molecule has 0 aromatic heterocycles. The van der Waals surface area contributed by atoms with Crippen LogP contribution in [0, 0.1) is 0 Å². The van der Waals surface area contributed by atoms with Gasteiger partial charge in [-0.3, -0.25) is 0 Å². The number of methoxy groups -OCH3 is 1. The van der Waals surface area contributed by atoms with Crippen LogP contribution in [0.1, 0.15) is 53.0 Å². The highest BCUT2D eigenvalue weighted by atomic mass is 16.5. The number of ether oxygens (including phenoxy) is 2. The van der Waals surface area contributed by atoms with Crippen LogP contribution in [-0.2, 0) is 11.2 Å². The molecule has 0 radical (unpaired) electrons. The molecule has 1 atom stereocenters. The summed E-state index contributed by atoms with van der Waals surface area (Å²) in [5.74, 6) is 0.901. The number of hydrogen-bond acceptors (Lipinski definition) is 2. The lowest BCUT2D eigenvalue weighted by atomic mass is 10.1. The first-order valence-corrected chi connectivity index (χ1v) is 7.90. The average Bonchev–Trinajstić information content (AvgIpc) is 2.49. The van der Waals surface area contributed by atoms with Gasteiger partial charge in [-0.05, 0) is 44.9 Å². The van der Waals surface area contributed by atoms with Gasteiger partial charge in [0.15, 0.2) is 0 Å². The fourth-order valence-corrected chi connectivity index (χ4v) is 1.44. The molecule has 0 aliphatic rings. The fourth-order valence-electron chi connectivity index (χ4n) is 1.44. The topological polar surface area (TPSA) is 18.5 Å². The largest absolute Gasteiger partial charge is 0.497 e. The van der Waals surface area contributed by atoms with Crippen LogP contribution in [0.3, 0.4) is 0 Å². The fraction of sp³-hybridized carbons (Fsp3) is 0.579. The predicted octanol–water partition coefficient (Wildman–Crippen LogP) is 5.66. The van der Waals surface area contributed by atoms with Gasteiger partial charge in [-0.15, -0.1) is 6.58 Å². The minimum atomic E-state index is 0.286. The average molecular weight is 294 g/mol. The first-order chi connectivity index (χ1) is 10.1. The molecule has 0 fully saturated rings. The third kappa shape index (κ3) is 14.9. The summed E-state index contributed by atoms with van der Waals surface area (Å²) in [6, 6.07) is 8.12. The Morgan fingerprint density at radius 2 is 1.57 bits per heavy atom. The van der Waals surface area contributed by atoms with E-state index in [9.17, 15) is 0 Å². The van der Waals surface area contributed by atoms with E-state index >= 15 is 0 Å². The summed E-state index contributed by atoms with van der Waals surface area (Å²) >= 11 is 0. The van der Waals surface area contributed by atoms with Crippen molar-refractivity contribution in [3.8, 4) is 5.75 Å². The zero-order valence-electron chi connectivity index (χ0n) is 14.8. The van der Waals surface area contributed by atoms with Gasteiger partial charge >= 0.3 is 0 Å². The van der Waals surface area contributed by atoms with E-state index in [0.29, 0.717) is 0 Å². The molecule has 0 unspecified atom stereocenters. The van der Waals surface area contributed by atoms with Crippen molar-refractivity contribution in [2.45, 2.75) is 60.0 Å². The van der Waals surface area contributed by atoms with Crippen molar-refractivity contribution in [2.75, 3.05) is 13.7 Å². The Kier molecular flexibility index (Phi) is 17.6. The van der Waals surface area contributed by atoms with Crippen LogP contribution in [0.5, 0.6) is 5.75 Å². The molecular weight excluding hydrogens is 260 g/mol. The standard InChI is InChI=1S/C12H18O2.C4H10.C3H6/c1-4-14-10(2)9-11-5-7-12(13-3)8-6-11;1-3-4-2;1-3-2/h5-8,10H,4,9H2,1-3H3;3-4H2,1-2H3;3H,1H2,2H3/t10-;;/m0../s1. The molecule has 0 N–H and O–H groups in total. The third-order valence-corrected chi connectivity index (χ3v) is 2.63. The van der Waals surface area contributed by atoms with Crippen molar-refractivity contribution in [1.82, 2.24) is 0 Å². The van der Waals surface area contributed by atoms with Crippen molar-refractivity contribution in [1.29, 1.82) is 0 Å². The SMILES string of the molecule is C=CC.CCCC.CCO[C@@H](C)Cc1ccc(OC)cc1. The highest BCUT2D eigenvalue weighted by Crippen LogP contribution is 2.13. The van der Waals surface area contributed by atoms with Gasteiger partial charge in [-0.2, -0.15) is 0 Å². The molecule has 0 saturated heterocycles. The monoisotopic (exact) mass is 294 g/mol. The van der Waals surface area contributed by atoms with Gasteiger partial charge in [0.2, 0.25) is 0 Å². The number of hydrogen-bond donors (Lipinski definition) is 0. The zero-order chi connectivity index (χ0) is 16.5. The van der Waals surface area contributed by atoms with Crippen LogP contribution in [-0.4, -0.2) is 19.8 Å². The van der Waals surface area contributed by atoms with Gasteiger partial charge in [0.25, 0.3) is 0 Å². The Morgan fingerprint density at radius 3 is 1.90 bits per heavy atom. The molecule has 2 heteroatoms. The first kappa shape index (κ1) is 22.0. The lowest BCUT2D eigenvalue weighted by Crippen LogP contribution is -2.11. The maximum atomic E-state index is 5.47. The van der Waals surface area contributed by atoms with E-state index < -0.39 is 0 Å². The molecule has 2 nitrogen and oxygen atoms in total. The van der Waals surface area contributed by atoms with E-state index in [2.05, 4.69) is 39.5 Å². The lowest BCUT2D eigenvalue weighted by molar-refractivity contribution is 0.0768. The maximum Gasteiger partial charge on any atom is 0.118 e. The van der Waals surface area contributed by atoms with Gasteiger partial charge in [0.05, 0.1) is 13.2 Å². The van der Waals surface area contributed by atoms with Crippen LogP contribution in [0.25, 0.3) is 0 Å². The molecule has 0 bridgehead atoms. The summed E-state index contributed by atoms with van der Waals surface area (Å²) in [5, 5.41) is 0. The van der Waals surface area contributed by atoms with Gasteiger partial charge in [-0.25, -0.2) is 0 Å². The Hall–Kier alpha value is -1.28. The summed E-state index contributed by atoms with van der Waals surface area (Å²) in [5.41, 5.74) is 1.28. The van der Waals surface area contributed by atoms with Gasteiger partial charge in [0, 0.05) is 6.61 Å². The molecule has 0 spiro atoms. The highest BCUT2D eigenvalue weighted by Gasteiger charge is 2.02. The number of benzene rings is 1. The number of allylic oxidation sites excluding steroid dienone is 1. The molecule has 0 saturated carbocycles. The smallest absolute Gasteiger partial charge is 0.118 e. The van der Waals surface area contributed by atoms with Crippen molar-refractivity contribution < 1.29 is 9.47 Å². The van der Waals surface area contributed by atoms with Crippen LogP contribution >= 0.6 is 0 Å². The minimum absolute atomic E-state index is 0.286. The summed E-state index contributed by atoms with van der Waals surface area (Å²) in [7, 11) is 1.68. The van der Waals surface area contributed by atoms with E-state index in [0.717, 1.165) is 18.8 Å². The van der Waals surface area contributed by atoms with Crippen LogP contribution in [0.15, 0.2) is 36.9 Å². The lowest BCUT2D eigenvalue weighted by Gasteiger charge is -2.11. The molecule has 1 aromatic rings. The zero-order valence-corrected chi connectivity index (χ0v) is 14.8. The number of rotatable bonds is 6. The van der Waals surface area contributed by atoms with Gasteiger partial charge in [0.1, 0.15) is 5.75 Å². The van der Waals surface area contributed by atoms with Crippen molar-refractivity contribution in [3.05, 3.63) is 42.5 Å². The van der Waals surface area contributed by atoms with Crippen LogP contribution in [0.2, 0.25) is 0 Å². The molecule has 21 heavy (non-hydrogen) atoms. The van der Waals surface area contributed by atoms with E-state index in [-0.39, 0.29) is 6.10 Å². The molecule has 122 valence electrons. The van der Waals surface area contributed by atoms with Crippen LogP contribution in [0.4, 0.5) is 0 Å². The second-order valence-electron chi connectivity index (χ2n) is 4.73. The Morgan fingerprint density at radius 1 is 1.10 bits per heavy atom. The Bertz CT molecular complexity index is 315. The molecular formula is C19H34O2. The second kappa shape index (κ2) is 16.8. The Labute approximate surface area is 132 Å². The summed E-state index contributed by atoms with van der Waals surface area (Å²) in [6.45, 7) is 14.5.